The number of hydrogen-bond donors (Lipinski definition) is 1. The SMILES string of the molecule is CC(=O)c1csc(NC(=O)/C=C/c2ccc(C(C)C)cc2)n1. The van der Waals surface area contributed by atoms with Crippen molar-refractivity contribution in [3.8, 4) is 0 Å². The van der Waals surface area contributed by atoms with Gasteiger partial charge in [-0.25, -0.2) is 4.98 Å². The van der Waals surface area contributed by atoms with Crippen molar-refractivity contribution in [2.24, 2.45) is 0 Å². The van der Waals surface area contributed by atoms with Crippen molar-refractivity contribution in [3.63, 3.8) is 0 Å². The van der Waals surface area contributed by atoms with Gasteiger partial charge in [-0.1, -0.05) is 38.1 Å². The summed E-state index contributed by atoms with van der Waals surface area (Å²) in [6, 6.07) is 8.08. The average molecular weight is 314 g/mol. The van der Waals surface area contributed by atoms with Crippen LogP contribution in [0.25, 0.3) is 6.08 Å². The third-order valence-electron chi connectivity index (χ3n) is 3.13. The van der Waals surface area contributed by atoms with Gasteiger partial charge in [0.15, 0.2) is 10.9 Å². The first kappa shape index (κ1) is 16.1. The van der Waals surface area contributed by atoms with Gasteiger partial charge >= 0.3 is 0 Å². The molecule has 4 nitrogen and oxygen atoms in total. The number of thiazole rings is 1. The second kappa shape index (κ2) is 7.13. The number of ketones is 1. The molecule has 0 aliphatic carbocycles. The summed E-state index contributed by atoms with van der Waals surface area (Å²) in [7, 11) is 0. The predicted molar refractivity (Wildman–Crippen MR) is 90.3 cm³/mol. The number of nitrogens with zero attached hydrogens (tertiary/aromatic N) is 1. The Labute approximate surface area is 133 Å². The lowest BCUT2D eigenvalue weighted by Crippen LogP contribution is -2.07. The highest BCUT2D eigenvalue weighted by Crippen LogP contribution is 2.17. The van der Waals surface area contributed by atoms with Crippen molar-refractivity contribution in [2.45, 2.75) is 26.7 Å². The maximum Gasteiger partial charge on any atom is 0.250 e. The minimum atomic E-state index is -0.266. The molecule has 22 heavy (non-hydrogen) atoms. The molecule has 0 atom stereocenters. The summed E-state index contributed by atoms with van der Waals surface area (Å²) >= 11 is 1.24. The molecule has 1 heterocycles. The summed E-state index contributed by atoms with van der Waals surface area (Å²) in [5.41, 5.74) is 2.60. The topological polar surface area (TPSA) is 59.1 Å². The first-order valence-electron chi connectivity index (χ1n) is 7.01. The standard InChI is InChI=1S/C17H18N2O2S/c1-11(2)14-7-4-13(5-8-14)6-9-16(21)19-17-18-15(10-22-17)12(3)20/h4-11H,1-3H3,(H,18,19,21)/b9-6+. The van der Waals surface area contributed by atoms with Crippen LogP contribution in [0.5, 0.6) is 0 Å². The van der Waals surface area contributed by atoms with Gasteiger partial charge in [0.25, 0.3) is 0 Å². The predicted octanol–water partition coefficient (Wildman–Crippen LogP) is 4.12. The van der Waals surface area contributed by atoms with Crippen LogP contribution in [-0.2, 0) is 4.79 Å². The first-order chi connectivity index (χ1) is 10.5. The van der Waals surface area contributed by atoms with Gasteiger partial charge in [0, 0.05) is 18.4 Å². The molecule has 2 rings (SSSR count). The molecule has 0 bridgehead atoms. The van der Waals surface area contributed by atoms with E-state index in [1.54, 1.807) is 11.5 Å². The molecule has 0 saturated heterocycles. The Bertz CT molecular complexity index is 700. The Balaban J connectivity index is 1.97. The van der Waals surface area contributed by atoms with E-state index in [0.29, 0.717) is 16.7 Å². The number of carbonyl (C=O) groups excluding carboxylic acids is 2. The largest absolute Gasteiger partial charge is 0.298 e. The smallest absolute Gasteiger partial charge is 0.250 e. The number of carbonyl (C=O) groups is 2. The summed E-state index contributed by atoms with van der Waals surface area (Å²) < 4.78 is 0. The zero-order valence-corrected chi connectivity index (χ0v) is 13.6. The van der Waals surface area contributed by atoms with Gasteiger partial charge in [0.2, 0.25) is 5.91 Å². The van der Waals surface area contributed by atoms with E-state index in [-0.39, 0.29) is 11.7 Å². The normalized spacial score (nSPS) is 11.1. The van der Waals surface area contributed by atoms with E-state index >= 15 is 0 Å². The Kier molecular flexibility index (Phi) is 5.22. The van der Waals surface area contributed by atoms with Crippen molar-refractivity contribution in [1.29, 1.82) is 0 Å². The van der Waals surface area contributed by atoms with Crippen LogP contribution in [-0.4, -0.2) is 16.7 Å². The second-order valence-electron chi connectivity index (χ2n) is 5.24. The zero-order valence-electron chi connectivity index (χ0n) is 12.8. The van der Waals surface area contributed by atoms with E-state index in [2.05, 4.69) is 36.3 Å². The van der Waals surface area contributed by atoms with E-state index in [1.807, 2.05) is 12.1 Å². The quantitative estimate of drug-likeness (QED) is 0.667. The molecule has 5 heteroatoms. The van der Waals surface area contributed by atoms with Crippen LogP contribution in [0, 0.1) is 0 Å². The molecule has 0 unspecified atom stereocenters. The van der Waals surface area contributed by atoms with Crippen molar-refractivity contribution in [2.75, 3.05) is 5.32 Å². The first-order valence-corrected chi connectivity index (χ1v) is 7.89. The van der Waals surface area contributed by atoms with E-state index in [1.165, 1.54) is 29.9 Å². The minimum Gasteiger partial charge on any atom is -0.298 e. The fourth-order valence-corrected chi connectivity index (χ4v) is 2.56. The summed E-state index contributed by atoms with van der Waals surface area (Å²) in [5.74, 6) is 0.108. The van der Waals surface area contributed by atoms with Crippen LogP contribution >= 0.6 is 11.3 Å². The molecule has 0 fully saturated rings. The lowest BCUT2D eigenvalue weighted by atomic mass is 10.0. The number of aromatic nitrogens is 1. The Hall–Kier alpha value is -2.27. The molecule has 1 N–H and O–H groups in total. The van der Waals surface area contributed by atoms with Crippen LogP contribution in [0.4, 0.5) is 5.13 Å². The van der Waals surface area contributed by atoms with Crippen molar-refractivity contribution in [1.82, 2.24) is 4.98 Å². The molecular weight excluding hydrogens is 296 g/mol. The van der Waals surface area contributed by atoms with Crippen molar-refractivity contribution in [3.05, 3.63) is 52.5 Å². The van der Waals surface area contributed by atoms with Crippen LogP contribution in [0.2, 0.25) is 0 Å². The third-order valence-corrected chi connectivity index (χ3v) is 3.88. The average Bonchev–Trinajstić information content (AvgIpc) is 2.94. The molecule has 2 aromatic rings. The molecule has 1 aromatic heterocycles. The van der Waals surface area contributed by atoms with Gasteiger partial charge in [-0.15, -0.1) is 11.3 Å². The van der Waals surface area contributed by atoms with Crippen LogP contribution in [0.3, 0.4) is 0 Å². The lowest BCUT2D eigenvalue weighted by molar-refractivity contribution is -0.111. The Morgan fingerprint density at radius 2 is 1.91 bits per heavy atom. The molecule has 0 saturated carbocycles. The van der Waals surface area contributed by atoms with Gasteiger partial charge in [-0.2, -0.15) is 0 Å². The second-order valence-corrected chi connectivity index (χ2v) is 6.10. The zero-order chi connectivity index (χ0) is 16.1. The Morgan fingerprint density at radius 1 is 1.23 bits per heavy atom. The van der Waals surface area contributed by atoms with Crippen molar-refractivity contribution < 1.29 is 9.59 Å². The van der Waals surface area contributed by atoms with Gasteiger partial charge in [0.1, 0.15) is 5.69 Å². The fourth-order valence-electron chi connectivity index (χ4n) is 1.80. The number of benzene rings is 1. The number of hydrogen-bond acceptors (Lipinski definition) is 4. The number of anilines is 1. The van der Waals surface area contributed by atoms with Crippen molar-refractivity contribution >= 4 is 34.2 Å². The van der Waals surface area contributed by atoms with Crippen LogP contribution < -0.4 is 5.32 Å². The summed E-state index contributed by atoms with van der Waals surface area (Å²) in [4.78, 5) is 27.0. The number of Topliss-reactive ketones (excluding diaryl/α,β-unsaturated/α-hetero) is 1. The van der Waals surface area contributed by atoms with Gasteiger partial charge in [-0.3, -0.25) is 14.9 Å². The minimum absolute atomic E-state index is 0.113. The molecule has 114 valence electrons. The highest BCUT2D eigenvalue weighted by atomic mass is 32.1. The maximum atomic E-state index is 11.8. The van der Waals surface area contributed by atoms with Gasteiger partial charge in [0.05, 0.1) is 0 Å². The molecule has 1 amide bonds. The molecular formula is C17H18N2O2S. The fraction of sp³-hybridized carbons (Fsp3) is 0.235. The van der Waals surface area contributed by atoms with Gasteiger partial charge < -0.3 is 0 Å². The maximum absolute atomic E-state index is 11.8. The summed E-state index contributed by atoms with van der Waals surface area (Å²) in [5, 5.41) is 4.70. The molecule has 0 radical (unpaired) electrons. The molecule has 1 aromatic carbocycles. The summed E-state index contributed by atoms with van der Waals surface area (Å²) in [6.07, 6.45) is 3.21. The van der Waals surface area contributed by atoms with E-state index in [0.717, 1.165) is 5.56 Å². The summed E-state index contributed by atoms with van der Waals surface area (Å²) in [6.45, 7) is 5.73. The van der Waals surface area contributed by atoms with Crippen LogP contribution in [0.15, 0.2) is 35.7 Å². The third kappa shape index (κ3) is 4.36. The number of amides is 1. The number of rotatable bonds is 5. The lowest BCUT2D eigenvalue weighted by Gasteiger charge is -2.04. The van der Waals surface area contributed by atoms with Crippen LogP contribution in [0.1, 0.15) is 48.3 Å². The Morgan fingerprint density at radius 3 is 2.45 bits per heavy atom. The molecule has 0 spiro atoms. The number of nitrogens with one attached hydrogen (secondary N) is 1. The van der Waals surface area contributed by atoms with E-state index < -0.39 is 0 Å². The monoisotopic (exact) mass is 314 g/mol. The molecule has 0 aliphatic rings. The van der Waals surface area contributed by atoms with E-state index in [4.69, 9.17) is 0 Å². The van der Waals surface area contributed by atoms with Gasteiger partial charge in [-0.05, 0) is 23.1 Å². The van der Waals surface area contributed by atoms with E-state index in [9.17, 15) is 9.59 Å². The highest BCUT2D eigenvalue weighted by Gasteiger charge is 2.07. The molecule has 0 aliphatic heterocycles. The highest BCUT2D eigenvalue weighted by molar-refractivity contribution is 7.14.